The average Bonchev–Trinajstić information content (AvgIpc) is 2.76. The van der Waals surface area contributed by atoms with E-state index in [4.69, 9.17) is 11.6 Å². The van der Waals surface area contributed by atoms with Crippen LogP contribution in [-0.2, 0) is 6.54 Å². The van der Waals surface area contributed by atoms with Gasteiger partial charge in [-0.1, -0.05) is 17.7 Å². The van der Waals surface area contributed by atoms with Gasteiger partial charge in [-0.2, -0.15) is 0 Å². The predicted octanol–water partition coefficient (Wildman–Crippen LogP) is 3.61. The highest BCUT2D eigenvalue weighted by molar-refractivity contribution is 6.30. The highest BCUT2D eigenvalue weighted by atomic mass is 35.5. The molecular weight excluding hydrogens is 249 g/mol. The van der Waals surface area contributed by atoms with Gasteiger partial charge in [-0.15, -0.1) is 0 Å². The van der Waals surface area contributed by atoms with Crippen LogP contribution in [0, 0.1) is 29.5 Å². The Morgan fingerprint density at radius 2 is 1.94 bits per heavy atom. The molecule has 1 nitrogen and oxygen atoms in total. The highest BCUT2D eigenvalue weighted by Gasteiger charge is 2.64. The van der Waals surface area contributed by atoms with Gasteiger partial charge in [-0.05, 0) is 60.6 Å². The molecule has 0 saturated heterocycles. The number of benzene rings is 1. The monoisotopic (exact) mass is 265 g/mol. The van der Waals surface area contributed by atoms with Gasteiger partial charge in [-0.25, -0.2) is 4.39 Å². The zero-order valence-electron chi connectivity index (χ0n) is 10.2. The third-order valence-electron chi connectivity index (χ3n) is 5.26. The molecule has 2 bridgehead atoms. The summed E-state index contributed by atoms with van der Waals surface area (Å²) in [7, 11) is 0. The van der Waals surface area contributed by atoms with E-state index < -0.39 is 0 Å². The second kappa shape index (κ2) is 3.94. The van der Waals surface area contributed by atoms with E-state index in [0.717, 1.165) is 35.8 Å². The van der Waals surface area contributed by atoms with Crippen LogP contribution in [0.1, 0.15) is 24.8 Å². The lowest BCUT2D eigenvalue weighted by Gasteiger charge is -2.10. The number of rotatable bonds is 3. The van der Waals surface area contributed by atoms with E-state index in [1.165, 1.54) is 19.3 Å². The van der Waals surface area contributed by atoms with E-state index in [0.29, 0.717) is 6.04 Å². The lowest BCUT2D eigenvalue weighted by Crippen LogP contribution is -2.22. The Balaban J connectivity index is 1.39. The third-order valence-corrected chi connectivity index (χ3v) is 5.57. The van der Waals surface area contributed by atoms with Crippen molar-refractivity contribution in [3.8, 4) is 0 Å². The van der Waals surface area contributed by atoms with Crippen molar-refractivity contribution in [3.05, 3.63) is 34.6 Å². The minimum absolute atomic E-state index is 0.208. The molecule has 4 atom stereocenters. The fourth-order valence-electron chi connectivity index (χ4n) is 4.48. The minimum Gasteiger partial charge on any atom is -0.309 e. The summed E-state index contributed by atoms with van der Waals surface area (Å²) in [5, 5.41) is 3.82. The molecule has 1 aromatic rings. The van der Waals surface area contributed by atoms with Gasteiger partial charge in [0.05, 0.1) is 5.02 Å². The topological polar surface area (TPSA) is 12.0 Å². The maximum Gasteiger partial charge on any atom is 0.142 e. The Kier molecular flexibility index (Phi) is 2.46. The van der Waals surface area contributed by atoms with Crippen molar-refractivity contribution in [1.82, 2.24) is 5.32 Å². The van der Waals surface area contributed by atoms with Gasteiger partial charge in [0.15, 0.2) is 0 Å². The van der Waals surface area contributed by atoms with Crippen molar-refractivity contribution in [2.45, 2.75) is 31.8 Å². The van der Waals surface area contributed by atoms with Crippen LogP contribution in [0.5, 0.6) is 0 Å². The summed E-state index contributed by atoms with van der Waals surface area (Å²) in [6, 6.07) is 5.80. The van der Waals surface area contributed by atoms with Crippen molar-refractivity contribution in [2.75, 3.05) is 0 Å². The molecule has 0 amide bonds. The van der Waals surface area contributed by atoms with Crippen LogP contribution in [0.2, 0.25) is 5.02 Å². The molecule has 1 N–H and O–H groups in total. The Morgan fingerprint density at radius 1 is 1.22 bits per heavy atom. The fraction of sp³-hybridized carbons (Fsp3) is 0.600. The highest BCUT2D eigenvalue weighted by Crippen LogP contribution is 2.65. The normalized spacial score (nSPS) is 40.0. The van der Waals surface area contributed by atoms with E-state index in [2.05, 4.69) is 5.32 Å². The zero-order valence-corrected chi connectivity index (χ0v) is 11.0. The van der Waals surface area contributed by atoms with Crippen LogP contribution in [0.4, 0.5) is 4.39 Å². The van der Waals surface area contributed by atoms with Crippen molar-refractivity contribution in [3.63, 3.8) is 0 Å². The first-order valence-corrected chi connectivity index (χ1v) is 7.29. The molecule has 0 radical (unpaired) electrons. The van der Waals surface area contributed by atoms with Crippen LogP contribution in [-0.4, -0.2) is 6.04 Å². The smallest absolute Gasteiger partial charge is 0.142 e. The molecule has 3 aliphatic carbocycles. The first kappa shape index (κ1) is 11.2. The predicted molar refractivity (Wildman–Crippen MR) is 69.8 cm³/mol. The Hall–Kier alpha value is -0.600. The van der Waals surface area contributed by atoms with Gasteiger partial charge < -0.3 is 5.32 Å². The summed E-state index contributed by atoms with van der Waals surface area (Å²) in [6.45, 7) is 0.769. The number of halogens is 2. The molecule has 4 unspecified atom stereocenters. The van der Waals surface area contributed by atoms with Crippen LogP contribution in [0.25, 0.3) is 0 Å². The maximum atomic E-state index is 13.3. The van der Waals surface area contributed by atoms with Crippen LogP contribution in [0.15, 0.2) is 18.2 Å². The molecule has 3 heteroatoms. The summed E-state index contributed by atoms with van der Waals surface area (Å²) < 4.78 is 13.3. The lowest BCUT2D eigenvalue weighted by molar-refractivity contribution is 0.456. The summed E-state index contributed by atoms with van der Waals surface area (Å²) >= 11 is 5.68. The molecule has 0 aliphatic heterocycles. The summed E-state index contributed by atoms with van der Waals surface area (Å²) in [4.78, 5) is 0. The van der Waals surface area contributed by atoms with Crippen molar-refractivity contribution in [1.29, 1.82) is 0 Å². The van der Waals surface area contributed by atoms with E-state index in [9.17, 15) is 4.39 Å². The first-order chi connectivity index (χ1) is 8.74. The fourth-order valence-corrected chi connectivity index (χ4v) is 4.60. The largest absolute Gasteiger partial charge is 0.309 e. The molecule has 3 saturated carbocycles. The Bertz CT molecular complexity index is 473. The van der Waals surface area contributed by atoms with Gasteiger partial charge >= 0.3 is 0 Å². The van der Waals surface area contributed by atoms with Crippen molar-refractivity contribution >= 4 is 11.6 Å². The quantitative estimate of drug-likeness (QED) is 0.880. The standard InChI is InChI=1S/C15H17ClFN/c16-11-4-1-8(5-12(11)17)7-18-15-13-9-2-3-10(6-9)14(13)15/h1,4-5,9-10,13-15,18H,2-3,6-7H2. The molecule has 18 heavy (non-hydrogen) atoms. The maximum absolute atomic E-state index is 13.3. The molecule has 3 aliphatic rings. The van der Waals surface area contributed by atoms with E-state index >= 15 is 0 Å². The van der Waals surface area contributed by atoms with Crippen molar-refractivity contribution < 1.29 is 4.39 Å². The van der Waals surface area contributed by atoms with Crippen LogP contribution >= 0.6 is 11.6 Å². The first-order valence-electron chi connectivity index (χ1n) is 6.91. The van der Waals surface area contributed by atoms with Gasteiger partial charge in [0, 0.05) is 12.6 Å². The van der Waals surface area contributed by atoms with Gasteiger partial charge in [0.2, 0.25) is 0 Å². The molecule has 0 heterocycles. The number of nitrogens with one attached hydrogen (secondary N) is 1. The van der Waals surface area contributed by atoms with E-state index in [-0.39, 0.29) is 10.8 Å². The van der Waals surface area contributed by atoms with Crippen LogP contribution in [0.3, 0.4) is 0 Å². The second-order valence-corrected chi connectivity index (χ2v) is 6.55. The van der Waals surface area contributed by atoms with E-state index in [1.54, 1.807) is 12.1 Å². The van der Waals surface area contributed by atoms with Gasteiger partial charge in [-0.3, -0.25) is 0 Å². The number of hydrogen-bond acceptors (Lipinski definition) is 1. The zero-order chi connectivity index (χ0) is 12.3. The van der Waals surface area contributed by atoms with E-state index in [1.807, 2.05) is 6.07 Å². The molecule has 0 aromatic heterocycles. The second-order valence-electron chi connectivity index (χ2n) is 6.14. The molecule has 1 aromatic carbocycles. The molecule has 0 spiro atoms. The minimum atomic E-state index is -0.313. The third kappa shape index (κ3) is 1.62. The van der Waals surface area contributed by atoms with Crippen LogP contribution < -0.4 is 5.32 Å². The molecule has 4 rings (SSSR count). The number of fused-ring (bicyclic) bond motifs is 5. The molecule has 96 valence electrons. The van der Waals surface area contributed by atoms with Crippen molar-refractivity contribution in [2.24, 2.45) is 23.7 Å². The molecule has 3 fully saturated rings. The average molecular weight is 266 g/mol. The SMILES string of the molecule is Fc1cc(CNC2C3C4CCC(C4)C23)ccc1Cl. The Morgan fingerprint density at radius 3 is 2.61 bits per heavy atom. The Labute approximate surface area is 112 Å². The van der Waals surface area contributed by atoms with Gasteiger partial charge in [0.1, 0.15) is 5.82 Å². The summed E-state index contributed by atoms with van der Waals surface area (Å²) in [5.74, 6) is 3.52. The van der Waals surface area contributed by atoms with Gasteiger partial charge in [0.25, 0.3) is 0 Å². The summed E-state index contributed by atoms with van der Waals surface area (Å²) in [6.07, 6.45) is 4.36. The summed E-state index contributed by atoms with van der Waals surface area (Å²) in [5.41, 5.74) is 0.995. The molecular formula is C15H17ClFN. The number of hydrogen-bond donors (Lipinski definition) is 1. The lowest BCUT2D eigenvalue weighted by atomic mass is 10.0.